The first-order valence-electron chi connectivity index (χ1n) is 6.26. The first kappa shape index (κ1) is 12.9. The zero-order chi connectivity index (χ0) is 11.1. The van der Waals surface area contributed by atoms with Gasteiger partial charge >= 0.3 is 0 Å². The average molecular weight is 214 g/mol. The molecule has 0 aliphatic heterocycles. The van der Waals surface area contributed by atoms with Crippen LogP contribution in [0.5, 0.6) is 0 Å². The van der Waals surface area contributed by atoms with Gasteiger partial charge in [-0.25, -0.2) is 0 Å². The maximum Gasteiger partial charge on any atom is 0.0823 e. The Labute approximate surface area is 94.0 Å². The Hall–Kier alpha value is -0.120. The highest BCUT2D eigenvalue weighted by Crippen LogP contribution is 2.25. The van der Waals surface area contributed by atoms with Gasteiger partial charge < -0.3 is 15.4 Å². The molecule has 1 unspecified atom stereocenters. The minimum absolute atomic E-state index is 0.210. The Morgan fingerprint density at radius 3 is 2.60 bits per heavy atom. The monoisotopic (exact) mass is 214 g/mol. The first-order valence-corrected chi connectivity index (χ1v) is 6.26. The lowest BCUT2D eigenvalue weighted by molar-refractivity contribution is 0.0422. The molecule has 0 bridgehead atoms. The summed E-state index contributed by atoms with van der Waals surface area (Å²) in [5.41, 5.74) is 5.66. The zero-order valence-electron chi connectivity index (χ0n) is 10.2. The minimum Gasteiger partial charge on any atom is -0.376 e. The van der Waals surface area contributed by atoms with Crippen LogP contribution in [0, 0.1) is 5.92 Å². The fourth-order valence-corrected chi connectivity index (χ4v) is 2.49. The maximum absolute atomic E-state index is 5.66. The van der Waals surface area contributed by atoms with Crippen molar-refractivity contribution in [2.24, 2.45) is 11.7 Å². The van der Waals surface area contributed by atoms with E-state index in [2.05, 4.69) is 11.9 Å². The second-order valence-electron chi connectivity index (χ2n) is 4.68. The zero-order valence-corrected chi connectivity index (χ0v) is 10.2. The van der Waals surface area contributed by atoms with Crippen LogP contribution in [-0.2, 0) is 4.74 Å². The predicted octanol–water partition coefficient (Wildman–Crippen LogP) is 1.47. The van der Waals surface area contributed by atoms with E-state index in [-0.39, 0.29) is 6.10 Å². The number of rotatable bonds is 7. The molecule has 3 nitrogen and oxygen atoms in total. The molecule has 1 aliphatic carbocycles. The van der Waals surface area contributed by atoms with E-state index < -0.39 is 0 Å². The highest BCUT2D eigenvalue weighted by Gasteiger charge is 2.18. The van der Waals surface area contributed by atoms with Crippen LogP contribution in [0.2, 0.25) is 0 Å². The average Bonchev–Trinajstić information content (AvgIpc) is 2.69. The van der Waals surface area contributed by atoms with Gasteiger partial charge in [-0.3, -0.25) is 0 Å². The molecule has 0 aromatic carbocycles. The second kappa shape index (κ2) is 7.20. The third kappa shape index (κ3) is 4.96. The summed E-state index contributed by atoms with van der Waals surface area (Å²) in [6.07, 6.45) is 5.87. The smallest absolute Gasteiger partial charge is 0.0823 e. The molecule has 15 heavy (non-hydrogen) atoms. The Balaban J connectivity index is 2.17. The minimum atomic E-state index is 0.210. The number of nitrogens with zero attached hydrogens (tertiary/aromatic N) is 1. The lowest BCUT2D eigenvalue weighted by Gasteiger charge is -2.25. The molecule has 3 heteroatoms. The largest absolute Gasteiger partial charge is 0.376 e. The maximum atomic E-state index is 5.66. The SMILES string of the molecule is CCOC(CN)CN(C)CC1CCCC1. The highest BCUT2D eigenvalue weighted by molar-refractivity contribution is 4.72. The van der Waals surface area contributed by atoms with E-state index in [4.69, 9.17) is 10.5 Å². The highest BCUT2D eigenvalue weighted by atomic mass is 16.5. The van der Waals surface area contributed by atoms with Crippen molar-refractivity contribution in [2.75, 3.05) is 33.3 Å². The van der Waals surface area contributed by atoms with Crippen molar-refractivity contribution in [3.63, 3.8) is 0 Å². The number of likely N-dealkylation sites (N-methyl/N-ethyl adjacent to an activating group) is 1. The molecular weight excluding hydrogens is 188 g/mol. The van der Waals surface area contributed by atoms with Crippen LogP contribution in [0.25, 0.3) is 0 Å². The Morgan fingerprint density at radius 2 is 2.07 bits per heavy atom. The van der Waals surface area contributed by atoms with Crippen LogP contribution in [-0.4, -0.2) is 44.3 Å². The van der Waals surface area contributed by atoms with Crippen molar-refractivity contribution >= 4 is 0 Å². The molecule has 2 N–H and O–H groups in total. The molecule has 1 saturated carbocycles. The van der Waals surface area contributed by atoms with Crippen LogP contribution >= 0.6 is 0 Å². The van der Waals surface area contributed by atoms with E-state index >= 15 is 0 Å². The van der Waals surface area contributed by atoms with Crippen molar-refractivity contribution in [1.82, 2.24) is 4.90 Å². The van der Waals surface area contributed by atoms with E-state index in [1.54, 1.807) is 0 Å². The van der Waals surface area contributed by atoms with Gasteiger partial charge in [0.1, 0.15) is 0 Å². The van der Waals surface area contributed by atoms with Gasteiger partial charge in [0.15, 0.2) is 0 Å². The van der Waals surface area contributed by atoms with Crippen molar-refractivity contribution < 1.29 is 4.74 Å². The molecule has 0 aromatic rings. The molecule has 0 spiro atoms. The van der Waals surface area contributed by atoms with E-state index in [0.29, 0.717) is 6.54 Å². The van der Waals surface area contributed by atoms with Crippen LogP contribution < -0.4 is 5.73 Å². The van der Waals surface area contributed by atoms with E-state index in [1.165, 1.54) is 32.2 Å². The van der Waals surface area contributed by atoms with Gasteiger partial charge in [-0.1, -0.05) is 12.8 Å². The molecule has 1 atom stereocenters. The Morgan fingerprint density at radius 1 is 1.40 bits per heavy atom. The summed E-state index contributed by atoms with van der Waals surface area (Å²) in [7, 11) is 2.18. The molecule has 90 valence electrons. The van der Waals surface area contributed by atoms with Gasteiger partial charge in [0.2, 0.25) is 0 Å². The summed E-state index contributed by atoms with van der Waals surface area (Å²) >= 11 is 0. The fraction of sp³-hybridized carbons (Fsp3) is 1.00. The van der Waals surface area contributed by atoms with E-state index in [9.17, 15) is 0 Å². The number of nitrogens with two attached hydrogens (primary N) is 1. The van der Waals surface area contributed by atoms with Gasteiger partial charge in [0, 0.05) is 26.2 Å². The summed E-state index contributed by atoms with van der Waals surface area (Å²) in [6.45, 7) is 5.60. The molecular formula is C12H26N2O. The Kier molecular flexibility index (Phi) is 6.22. The second-order valence-corrected chi connectivity index (χ2v) is 4.68. The van der Waals surface area contributed by atoms with E-state index in [1.807, 2.05) is 6.92 Å². The lowest BCUT2D eigenvalue weighted by atomic mass is 10.1. The summed E-state index contributed by atoms with van der Waals surface area (Å²) in [5.74, 6) is 0.912. The fourth-order valence-electron chi connectivity index (χ4n) is 2.49. The summed E-state index contributed by atoms with van der Waals surface area (Å²) in [4.78, 5) is 2.38. The van der Waals surface area contributed by atoms with Crippen LogP contribution in [0.15, 0.2) is 0 Å². The number of hydrogen-bond donors (Lipinski definition) is 1. The number of ether oxygens (including phenoxy) is 1. The van der Waals surface area contributed by atoms with E-state index in [0.717, 1.165) is 19.1 Å². The molecule has 0 heterocycles. The molecule has 1 rings (SSSR count). The van der Waals surface area contributed by atoms with Crippen LogP contribution in [0.1, 0.15) is 32.6 Å². The standard InChI is InChI=1S/C12H26N2O/c1-3-15-12(8-13)10-14(2)9-11-6-4-5-7-11/h11-12H,3-10,13H2,1-2H3. The van der Waals surface area contributed by atoms with Gasteiger partial charge in [0.05, 0.1) is 6.10 Å². The number of hydrogen-bond acceptors (Lipinski definition) is 3. The molecule has 1 aliphatic rings. The lowest BCUT2D eigenvalue weighted by Crippen LogP contribution is -2.38. The Bertz CT molecular complexity index is 158. The molecule has 0 saturated heterocycles. The van der Waals surface area contributed by atoms with Crippen molar-refractivity contribution in [2.45, 2.75) is 38.7 Å². The molecule has 0 amide bonds. The van der Waals surface area contributed by atoms with Crippen LogP contribution in [0.3, 0.4) is 0 Å². The molecule has 1 fully saturated rings. The summed E-state index contributed by atoms with van der Waals surface area (Å²) in [6, 6.07) is 0. The quantitative estimate of drug-likeness (QED) is 0.697. The van der Waals surface area contributed by atoms with Crippen molar-refractivity contribution in [3.05, 3.63) is 0 Å². The molecule has 0 radical (unpaired) electrons. The molecule has 0 aromatic heterocycles. The van der Waals surface area contributed by atoms with Gasteiger partial charge in [-0.05, 0) is 32.7 Å². The van der Waals surface area contributed by atoms with Gasteiger partial charge in [-0.2, -0.15) is 0 Å². The van der Waals surface area contributed by atoms with Gasteiger partial charge in [0.25, 0.3) is 0 Å². The third-order valence-corrected chi connectivity index (χ3v) is 3.23. The first-order chi connectivity index (χ1) is 7.26. The normalized spacial score (nSPS) is 20.0. The van der Waals surface area contributed by atoms with Crippen molar-refractivity contribution in [1.29, 1.82) is 0 Å². The predicted molar refractivity (Wildman–Crippen MR) is 63.9 cm³/mol. The van der Waals surface area contributed by atoms with Crippen LogP contribution in [0.4, 0.5) is 0 Å². The van der Waals surface area contributed by atoms with Crippen molar-refractivity contribution in [3.8, 4) is 0 Å². The third-order valence-electron chi connectivity index (χ3n) is 3.23. The summed E-state index contributed by atoms with van der Waals surface area (Å²) in [5, 5.41) is 0. The topological polar surface area (TPSA) is 38.5 Å². The van der Waals surface area contributed by atoms with Gasteiger partial charge in [-0.15, -0.1) is 0 Å². The summed E-state index contributed by atoms with van der Waals surface area (Å²) < 4.78 is 5.56.